The lowest BCUT2D eigenvalue weighted by Gasteiger charge is -2.31. The van der Waals surface area contributed by atoms with Gasteiger partial charge in [-0.05, 0) is 44.2 Å². The highest BCUT2D eigenvalue weighted by atomic mass is 16.1. The van der Waals surface area contributed by atoms with Gasteiger partial charge in [0.25, 0.3) is 0 Å². The van der Waals surface area contributed by atoms with E-state index >= 15 is 0 Å². The van der Waals surface area contributed by atoms with Crippen molar-refractivity contribution in [1.29, 1.82) is 0 Å². The van der Waals surface area contributed by atoms with E-state index in [9.17, 15) is 4.79 Å². The smallest absolute Gasteiger partial charge is 0.223 e. The Morgan fingerprint density at radius 2 is 2.20 bits per heavy atom. The van der Waals surface area contributed by atoms with Gasteiger partial charge in [0, 0.05) is 12.5 Å². The van der Waals surface area contributed by atoms with Gasteiger partial charge in [-0.1, -0.05) is 13.3 Å². The molecule has 1 saturated carbocycles. The Bertz CT molecular complexity index is 226. The van der Waals surface area contributed by atoms with Crippen LogP contribution in [0.5, 0.6) is 0 Å². The second-order valence-electron chi connectivity index (χ2n) is 5.10. The first kappa shape index (κ1) is 10.9. The first-order chi connectivity index (χ1) is 7.27. The normalized spacial score (nSPS) is 32.1. The van der Waals surface area contributed by atoms with Gasteiger partial charge in [0.1, 0.15) is 0 Å². The number of carbonyl (C=O) groups excluding carboxylic acids is 1. The molecule has 2 fully saturated rings. The van der Waals surface area contributed by atoms with E-state index in [2.05, 4.69) is 17.6 Å². The van der Waals surface area contributed by atoms with Crippen molar-refractivity contribution in [2.24, 2.45) is 17.8 Å². The van der Waals surface area contributed by atoms with E-state index < -0.39 is 0 Å². The summed E-state index contributed by atoms with van der Waals surface area (Å²) in [5.41, 5.74) is 0. The predicted octanol–water partition coefficient (Wildman–Crippen LogP) is 1.15. The summed E-state index contributed by atoms with van der Waals surface area (Å²) in [7, 11) is 0. The molecule has 2 aliphatic rings. The summed E-state index contributed by atoms with van der Waals surface area (Å²) in [6.45, 7) is 5.36. The van der Waals surface area contributed by atoms with E-state index in [-0.39, 0.29) is 0 Å². The Labute approximate surface area is 92.0 Å². The van der Waals surface area contributed by atoms with E-state index in [0.717, 1.165) is 32.5 Å². The van der Waals surface area contributed by atoms with Crippen molar-refractivity contribution >= 4 is 5.91 Å². The van der Waals surface area contributed by atoms with Crippen molar-refractivity contribution in [2.75, 3.05) is 19.6 Å². The highest BCUT2D eigenvalue weighted by Crippen LogP contribution is 2.26. The number of nitrogens with one attached hydrogen (secondary N) is 2. The van der Waals surface area contributed by atoms with Gasteiger partial charge in [-0.2, -0.15) is 0 Å². The highest BCUT2D eigenvalue weighted by Gasteiger charge is 2.27. The van der Waals surface area contributed by atoms with Gasteiger partial charge in [-0.15, -0.1) is 0 Å². The predicted molar refractivity (Wildman–Crippen MR) is 60.5 cm³/mol. The molecule has 1 heterocycles. The minimum Gasteiger partial charge on any atom is -0.356 e. The van der Waals surface area contributed by atoms with Crippen LogP contribution in [0.3, 0.4) is 0 Å². The van der Waals surface area contributed by atoms with Crippen LogP contribution in [0.15, 0.2) is 0 Å². The molecule has 2 rings (SSSR count). The molecule has 3 nitrogen and oxygen atoms in total. The average molecular weight is 210 g/mol. The Kier molecular flexibility index (Phi) is 3.62. The molecule has 0 bridgehead atoms. The quantitative estimate of drug-likeness (QED) is 0.733. The molecule has 0 aromatic heterocycles. The lowest BCUT2D eigenvalue weighted by Crippen LogP contribution is -2.43. The van der Waals surface area contributed by atoms with Crippen LogP contribution in [-0.2, 0) is 4.79 Å². The van der Waals surface area contributed by atoms with Crippen molar-refractivity contribution in [2.45, 2.75) is 32.6 Å². The zero-order chi connectivity index (χ0) is 10.7. The van der Waals surface area contributed by atoms with E-state index in [1.807, 2.05) is 0 Å². The molecule has 1 saturated heterocycles. The van der Waals surface area contributed by atoms with Gasteiger partial charge in [0.15, 0.2) is 0 Å². The molecule has 3 heteroatoms. The van der Waals surface area contributed by atoms with Gasteiger partial charge < -0.3 is 10.6 Å². The van der Waals surface area contributed by atoms with Crippen LogP contribution in [0, 0.1) is 17.8 Å². The van der Waals surface area contributed by atoms with Gasteiger partial charge >= 0.3 is 0 Å². The number of carbonyl (C=O) groups is 1. The molecule has 0 radical (unpaired) electrons. The summed E-state index contributed by atoms with van der Waals surface area (Å²) in [5.74, 6) is 2.00. The maximum absolute atomic E-state index is 11.6. The summed E-state index contributed by atoms with van der Waals surface area (Å²) in [6, 6.07) is 0. The summed E-state index contributed by atoms with van der Waals surface area (Å²) in [4.78, 5) is 11.6. The fraction of sp³-hybridized carbons (Fsp3) is 0.917. The lowest BCUT2D eigenvalue weighted by atomic mass is 9.84. The first-order valence-electron chi connectivity index (χ1n) is 6.26. The maximum atomic E-state index is 11.6. The Morgan fingerprint density at radius 1 is 1.40 bits per heavy atom. The van der Waals surface area contributed by atoms with E-state index in [4.69, 9.17) is 0 Å². The van der Waals surface area contributed by atoms with Crippen LogP contribution in [0.25, 0.3) is 0 Å². The molecule has 1 aliphatic heterocycles. The van der Waals surface area contributed by atoms with Gasteiger partial charge in [-0.3, -0.25) is 4.79 Å². The molecule has 2 unspecified atom stereocenters. The molecule has 1 aliphatic carbocycles. The lowest BCUT2D eigenvalue weighted by molar-refractivity contribution is -0.127. The number of amides is 1. The third kappa shape index (κ3) is 2.71. The molecular formula is C12H22N2O. The highest BCUT2D eigenvalue weighted by molar-refractivity contribution is 5.79. The molecule has 2 N–H and O–H groups in total. The molecule has 0 aromatic carbocycles. The molecule has 0 aromatic rings. The number of piperidine rings is 1. The van der Waals surface area contributed by atoms with Crippen LogP contribution in [-0.4, -0.2) is 25.5 Å². The van der Waals surface area contributed by atoms with Crippen molar-refractivity contribution < 1.29 is 4.79 Å². The average Bonchev–Trinajstić information content (AvgIpc) is 2.14. The Balaban J connectivity index is 1.69. The van der Waals surface area contributed by atoms with Crippen LogP contribution < -0.4 is 10.6 Å². The monoisotopic (exact) mass is 210 g/mol. The van der Waals surface area contributed by atoms with Crippen molar-refractivity contribution in [3.8, 4) is 0 Å². The number of hydrogen-bond donors (Lipinski definition) is 2. The minimum absolute atomic E-state index is 0.298. The Hall–Kier alpha value is -0.570. The second kappa shape index (κ2) is 4.97. The summed E-state index contributed by atoms with van der Waals surface area (Å²) < 4.78 is 0. The molecular weight excluding hydrogens is 188 g/mol. The largest absolute Gasteiger partial charge is 0.356 e. The summed E-state index contributed by atoms with van der Waals surface area (Å²) >= 11 is 0. The maximum Gasteiger partial charge on any atom is 0.223 e. The molecule has 2 atom stereocenters. The fourth-order valence-electron chi connectivity index (χ4n) is 2.42. The zero-order valence-corrected chi connectivity index (χ0v) is 9.59. The first-order valence-corrected chi connectivity index (χ1v) is 6.26. The van der Waals surface area contributed by atoms with E-state index in [0.29, 0.717) is 23.7 Å². The molecule has 15 heavy (non-hydrogen) atoms. The van der Waals surface area contributed by atoms with Crippen LogP contribution >= 0.6 is 0 Å². The minimum atomic E-state index is 0.298. The zero-order valence-electron chi connectivity index (χ0n) is 9.59. The SMILES string of the molecule is CC1CNCCC1CNC(=O)C1CCC1. The van der Waals surface area contributed by atoms with Crippen LogP contribution in [0.4, 0.5) is 0 Å². The van der Waals surface area contributed by atoms with Gasteiger partial charge in [0.2, 0.25) is 5.91 Å². The molecule has 1 amide bonds. The molecule has 0 spiro atoms. The number of hydrogen-bond acceptors (Lipinski definition) is 2. The van der Waals surface area contributed by atoms with Gasteiger partial charge in [-0.25, -0.2) is 0 Å². The van der Waals surface area contributed by atoms with E-state index in [1.54, 1.807) is 0 Å². The third-order valence-corrected chi connectivity index (χ3v) is 3.98. The van der Waals surface area contributed by atoms with Gasteiger partial charge in [0.05, 0.1) is 0 Å². The van der Waals surface area contributed by atoms with Crippen LogP contribution in [0.1, 0.15) is 32.6 Å². The molecule has 86 valence electrons. The van der Waals surface area contributed by atoms with Crippen LogP contribution in [0.2, 0.25) is 0 Å². The Morgan fingerprint density at radius 3 is 2.80 bits per heavy atom. The summed E-state index contributed by atoms with van der Waals surface area (Å²) in [5, 5.41) is 6.50. The van der Waals surface area contributed by atoms with Crippen molar-refractivity contribution in [1.82, 2.24) is 10.6 Å². The fourth-order valence-corrected chi connectivity index (χ4v) is 2.42. The van der Waals surface area contributed by atoms with Crippen molar-refractivity contribution in [3.05, 3.63) is 0 Å². The van der Waals surface area contributed by atoms with E-state index in [1.165, 1.54) is 12.8 Å². The topological polar surface area (TPSA) is 41.1 Å². The second-order valence-corrected chi connectivity index (χ2v) is 5.10. The number of rotatable bonds is 3. The summed E-state index contributed by atoms with van der Waals surface area (Å²) in [6.07, 6.45) is 4.65. The van der Waals surface area contributed by atoms with Crippen molar-refractivity contribution in [3.63, 3.8) is 0 Å². The third-order valence-electron chi connectivity index (χ3n) is 3.98. The standard InChI is InChI=1S/C12H22N2O/c1-9-7-13-6-5-11(9)8-14-12(15)10-3-2-4-10/h9-11,13H,2-8H2,1H3,(H,14,15).